The lowest BCUT2D eigenvalue weighted by molar-refractivity contribution is 0.0516. The number of aromatic nitrogens is 2. The molecule has 0 aliphatic carbocycles. The van der Waals surface area contributed by atoms with Crippen LogP contribution < -0.4 is 5.32 Å². The van der Waals surface area contributed by atoms with Crippen LogP contribution in [0.5, 0.6) is 0 Å². The predicted octanol–water partition coefficient (Wildman–Crippen LogP) is 5.74. The van der Waals surface area contributed by atoms with E-state index in [9.17, 15) is 9.18 Å². The van der Waals surface area contributed by atoms with E-state index in [1.54, 1.807) is 25.4 Å². The number of halogens is 1. The second-order valence-corrected chi connectivity index (χ2v) is 7.71. The first-order valence-electron chi connectivity index (χ1n) is 9.92. The van der Waals surface area contributed by atoms with Gasteiger partial charge in [0.15, 0.2) is 5.69 Å². The fraction of sp³-hybridized carbons (Fsp3) is 0.167. The van der Waals surface area contributed by atoms with Crippen LogP contribution >= 0.6 is 12.6 Å². The number of pyridine rings is 1. The Kier molecular flexibility index (Phi) is 5.95. The molecule has 0 bridgehead atoms. The number of fused-ring (bicyclic) bond motifs is 1. The number of aryl methyl sites for hydroxylation is 1. The van der Waals surface area contributed by atoms with Gasteiger partial charge in [-0.05, 0) is 55.3 Å². The Balaban J connectivity index is 1.90. The van der Waals surface area contributed by atoms with Crippen molar-refractivity contribution < 1.29 is 13.9 Å². The van der Waals surface area contributed by atoms with E-state index in [4.69, 9.17) is 4.74 Å². The minimum Gasteiger partial charge on any atom is -0.461 e. The number of nitrogens with zero attached hydrogens (tertiary/aromatic N) is 2. The number of carbonyl (C=O) groups excluding carboxylic acids is 1. The first kappa shape index (κ1) is 20.9. The van der Waals surface area contributed by atoms with Crippen LogP contribution in [0.3, 0.4) is 0 Å². The molecule has 158 valence electrons. The van der Waals surface area contributed by atoms with Crippen LogP contribution in [0, 0.1) is 12.7 Å². The second kappa shape index (κ2) is 8.81. The van der Waals surface area contributed by atoms with Gasteiger partial charge in [-0.25, -0.2) is 9.18 Å². The van der Waals surface area contributed by atoms with Gasteiger partial charge in [-0.2, -0.15) is 0 Å². The zero-order chi connectivity index (χ0) is 22.0. The first-order valence-corrected chi connectivity index (χ1v) is 10.4. The molecule has 0 saturated carbocycles. The Morgan fingerprint density at radius 2 is 1.97 bits per heavy atom. The quantitative estimate of drug-likeness (QED) is 0.299. The number of nitrogens with one attached hydrogen (secondary N) is 1. The van der Waals surface area contributed by atoms with Crippen molar-refractivity contribution in [2.45, 2.75) is 25.3 Å². The molecule has 2 aromatic carbocycles. The molecule has 2 aromatic heterocycles. The highest BCUT2D eigenvalue weighted by atomic mass is 32.1. The van der Waals surface area contributed by atoms with Crippen molar-refractivity contribution in [3.8, 4) is 0 Å². The maximum absolute atomic E-state index is 14.6. The Labute approximate surface area is 185 Å². The van der Waals surface area contributed by atoms with Crippen molar-refractivity contribution in [1.29, 1.82) is 0 Å². The molecule has 2 heterocycles. The van der Waals surface area contributed by atoms with E-state index >= 15 is 0 Å². The first-order chi connectivity index (χ1) is 15.0. The molecule has 0 radical (unpaired) electrons. The molecule has 1 N–H and O–H groups in total. The van der Waals surface area contributed by atoms with E-state index in [0.717, 1.165) is 21.5 Å². The summed E-state index contributed by atoms with van der Waals surface area (Å²) in [5.41, 5.74) is 3.66. The smallest absolute Gasteiger partial charge is 0.357 e. The molecule has 0 atom stereocenters. The summed E-state index contributed by atoms with van der Waals surface area (Å²) in [5, 5.41) is 3.82. The van der Waals surface area contributed by atoms with Crippen molar-refractivity contribution in [3.63, 3.8) is 0 Å². The summed E-state index contributed by atoms with van der Waals surface area (Å²) in [5.74, 6) is -0.886. The molecule has 0 unspecified atom stereocenters. The van der Waals surface area contributed by atoms with E-state index in [2.05, 4.69) is 22.9 Å². The van der Waals surface area contributed by atoms with Crippen LogP contribution in [0.2, 0.25) is 0 Å². The average Bonchev–Trinajstić information content (AvgIpc) is 3.05. The number of hydrogen-bond donors (Lipinski definition) is 2. The van der Waals surface area contributed by atoms with E-state index in [1.807, 2.05) is 47.9 Å². The van der Waals surface area contributed by atoms with E-state index in [0.29, 0.717) is 23.3 Å². The highest BCUT2D eigenvalue weighted by Gasteiger charge is 2.25. The summed E-state index contributed by atoms with van der Waals surface area (Å²) in [6.45, 7) is 4.24. The summed E-state index contributed by atoms with van der Waals surface area (Å²) >= 11 is 4.34. The van der Waals surface area contributed by atoms with Gasteiger partial charge in [0.2, 0.25) is 0 Å². The number of carbonyl (C=O) groups is 1. The van der Waals surface area contributed by atoms with Crippen LogP contribution in [0.25, 0.3) is 10.9 Å². The van der Waals surface area contributed by atoms with Gasteiger partial charge in [0, 0.05) is 29.2 Å². The monoisotopic (exact) mass is 435 g/mol. The number of rotatable bonds is 6. The Bertz CT molecular complexity index is 1250. The fourth-order valence-electron chi connectivity index (χ4n) is 3.54. The van der Waals surface area contributed by atoms with Gasteiger partial charge in [-0.15, -0.1) is 12.6 Å². The minimum atomic E-state index is -0.487. The third kappa shape index (κ3) is 4.27. The van der Waals surface area contributed by atoms with Gasteiger partial charge in [-0.3, -0.25) is 4.98 Å². The Morgan fingerprint density at radius 1 is 1.19 bits per heavy atom. The second-order valence-electron chi connectivity index (χ2n) is 7.20. The van der Waals surface area contributed by atoms with Gasteiger partial charge in [0.05, 0.1) is 23.5 Å². The normalized spacial score (nSPS) is 11.0. The van der Waals surface area contributed by atoms with Crippen LogP contribution in [-0.2, 0) is 11.3 Å². The molecule has 0 aliphatic heterocycles. The van der Waals surface area contributed by atoms with E-state index < -0.39 is 11.8 Å². The van der Waals surface area contributed by atoms with Crippen molar-refractivity contribution in [2.24, 2.45) is 0 Å². The third-order valence-electron chi connectivity index (χ3n) is 4.99. The molecule has 0 saturated heterocycles. The van der Waals surface area contributed by atoms with Crippen molar-refractivity contribution >= 4 is 40.9 Å². The lowest BCUT2D eigenvalue weighted by atomic mass is 10.2. The summed E-state index contributed by atoms with van der Waals surface area (Å²) in [4.78, 5) is 18.1. The summed E-state index contributed by atoms with van der Waals surface area (Å²) in [6.07, 6.45) is 3.33. The molecule has 31 heavy (non-hydrogen) atoms. The molecule has 0 fully saturated rings. The molecule has 0 spiro atoms. The maximum Gasteiger partial charge on any atom is 0.357 e. The molecule has 0 amide bonds. The number of hydrogen-bond acceptors (Lipinski definition) is 5. The Hall–Kier alpha value is -3.32. The van der Waals surface area contributed by atoms with Gasteiger partial charge < -0.3 is 14.6 Å². The summed E-state index contributed by atoms with van der Waals surface area (Å²) in [7, 11) is 0. The van der Waals surface area contributed by atoms with Gasteiger partial charge >= 0.3 is 5.97 Å². The van der Waals surface area contributed by atoms with Gasteiger partial charge in [0.1, 0.15) is 5.82 Å². The van der Waals surface area contributed by atoms with Crippen molar-refractivity contribution in [1.82, 2.24) is 9.55 Å². The lowest BCUT2D eigenvalue weighted by Crippen LogP contribution is -2.15. The number of benzene rings is 2. The van der Waals surface area contributed by atoms with Crippen LogP contribution in [0.15, 0.2) is 65.8 Å². The third-order valence-corrected chi connectivity index (χ3v) is 5.29. The zero-order valence-electron chi connectivity index (χ0n) is 17.2. The standard InChI is InChI=1S/C24H22FN3O2S/c1-3-30-24(29)23-22(27-20-9-4-15(2)12-19(20)25)18-13-26-11-10-21(18)28(23)14-16-5-7-17(31)8-6-16/h4-13,27,31H,3,14H2,1-2H3. The molecular weight excluding hydrogens is 413 g/mol. The Morgan fingerprint density at radius 3 is 2.68 bits per heavy atom. The average molecular weight is 436 g/mol. The fourth-order valence-corrected chi connectivity index (χ4v) is 3.69. The van der Waals surface area contributed by atoms with Crippen LogP contribution in [0.4, 0.5) is 15.8 Å². The highest BCUT2D eigenvalue weighted by Crippen LogP contribution is 2.35. The largest absolute Gasteiger partial charge is 0.461 e. The van der Waals surface area contributed by atoms with Crippen LogP contribution in [0.1, 0.15) is 28.5 Å². The SMILES string of the molecule is CCOC(=O)c1c(Nc2ccc(C)cc2F)c2cnccc2n1Cc1ccc(S)cc1. The highest BCUT2D eigenvalue weighted by molar-refractivity contribution is 7.80. The number of anilines is 2. The maximum atomic E-state index is 14.6. The van der Waals surface area contributed by atoms with E-state index in [1.165, 1.54) is 6.07 Å². The molecule has 4 aromatic rings. The van der Waals surface area contributed by atoms with Gasteiger partial charge in [-0.1, -0.05) is 18.2 Å². The lowest BCUT2D eigenvalue weighted by Gasteiger charge is -2.13. The predicted molar refractivity (Wildman–Crippen MR) is 123 cm³/mol. The molecule has 0 aliphatic rings. The number of thiol groups is 1. The minimum absolute atomic E-state index is 0.227. The number of ether oxygens (including phenoxy) is 1. The van der Waals surface area contributed by atoms with Crippen LogP contribution in [-0.4, -0.2) is 22.1 Å². The number of esters is 1. The van der Waals surface area contributed by atoms with Crippen molar-refractivity contribution in [2.75, 3.05) is 11.9 Å². The van der Waals surface area contributed by atoms with Crippen molar-refractivity contribution in [3.05, 3.63) is 83.6 Å². The molecular formula is C24H22FN3O2S. The molecule has 7 heteroatoms. The zero-order valence-corrected chi connectivity index (χ0v) is 18.1. The topological polar surface area (TPSA) is 56.1 Å². The summed E-state index contributed by atoms with van der Waals surface area (Å²) in [6, 6.07) is 14.5. The summed E-state index contributed by atoms with van der Waals surface area (Å²) < 4.78 is 21.8. The molecule has 4 rings (SSSR count). The van der Waals surface area contributed by atoms with E-state index in [-0.39, 0.29) is 12.3 Å². The molecule has 5 nitrogen and oxygen atoms in total. The van der Waals surface area contributed by atoms with Gasteiger partial charge in [0.25, 0.3) is 0 Å².